The zero-order valence-corrected chi connectivity index (χ0v) is 8.89. The molecule has 1 aromatic rings. The molecule has 0 bridgehead atoms. The number of hydrogen-bond acceptors (Lipinski definition) is 4. The summed E-state index contributed by atoms with van der Waals surface area (Å²) in [5, 5.41) is 7.78. The fourth-order valence-corrected chi connectivity index (χ4v) is 1.61. The summed E-state index contributed by atoms with van der Waals surface area (Å²) in [5.74, 6) is -0.270. The third-order valence-electron chi connectivity index (χ3n) is 2.03. The summed E-state index contributed by atoms with van der Waals surface area (Å²) in [4.78, 5) is 11.5. The number of Topliss-reactive ketones (excluding diaryl/α,β-unsaturated/α-hetero) is 1. The zero-order valence-electron chi connectivity index (χ0n) is 8.00. The Bertz CT molecular complexity index is 389. The molecule has 0 spiro atoms. The lowest BCUT2D eigenvalue weighted by molar-refractivity contribution is 0.0973. The van der Waals surface area contributed by atoms with E-state index >= 15 is 0 Å². The summed E-state index contributed by atoms with van der Waals surface area (Å²) >= 11 is 0. The Morgan fingerprint density at radius 2 is 1.87 bits per heavy atom. The van der Waals surface area contributed by atoms with Crippen LogP contribution in [0.3, 0.4) is 0 Å². The molecule has 0 aliphatic heterocycles. The molecule has 1 atom stereocenters. The van der Waals surface area contributed by atoms with Crippen LogP contribution in [0, 0.1) is 0 Å². The molecule has 1 N–H and O–H groups in total. The first-order valence-corrected chi connectivity index (χ1v) is 5.72. The normalized spacial score (nSPS) is 12.7. The van der Waals surface area contributed by atoms with Crippen molar-refractivity contribution in [1.29, 1.82) is 0 Å². The van der Waals surface area contributed by atoms with Gasteiger partial charge in [0.2, 0.25) is 0 Å². The summed E-state index contributed by atoms with van der Waals surface area (Å²) in [5.41, 5.74) is 0.466. The monoisotopic (exact) mass is 228 g/mol. The molecule has 0 aliphatic carbocycles. The molecule has 82 valence electrons. The van der Waals surface area contributed by atoms with Gasteiger partial charge >= 0.3 is 0 Å². The van der Waals surface area contributed by atoms with Gasteiger partial charge in [-0.1, -0.05) is 30.3 Å². The van der Waals surface area contributed by atoms with Gasteiger partial charge in [-0.15, -0.1) is 0 Å². The number of ketones is 1. The molecular weight excluding hydrogens is 216 g/mol. The van der Waals surface area contributed by atoms with Gasteiger partial charge in [-0.3, -0.25) is 4.79 Å². The lowest BCUT2D eigenvalue weighted by atomic mass is 10.1. The number of aliphatic hydroxyl groups excluding tert-OH is 1. The number of hydrogen-bond donors (Lipinski definition) is 2. The Labute approximate surface area is 89.5 Å². The second-order valence-corrected chi connectivity index (χ2v) is 4.42. The highest BCUT2D eigenvalue weighted by Crippen LogP contribution is 2.06. The van der Waals surface area contributed by atoms with Gasteiger partial charge in [-0.05, 0) is 0 Å². The van der Waals surface area contributed by atoms with Crippen molar-refractivity contribution >= 4 is 16.5 Å². The Hall–Kier alpha value is -1.20. The van der Waals surface area contributed by atoms with E-state index < -0.39 is 22.6 Å². The highest BCUT2D eigenvalue weighted by atomic mass is 32.2. The van der Waals surface area contributed by atoms with E-state index in [1.54, 1.807) is 30.3 Å². The fourth-order valence-electron chi connectivity index (χ4n) is 1.16. The standard InChI is InChI=1S/C10H12O4S/c11-7-9(15(13)14)6-10(12)8-4-2-1-3-5-8/h1-5,9,11,15H,6-7H2. The van der Waals surface area contributed by atoms with E-state index in [-0.39, 0.29) is 12.2 Å². The van der Waals surface area contributed by atoms with Crippen LogP contribution >= 0.6 is 0 Å². The van der Waals surface area contributed by atoms with E-state index in [1.807, 2.05) is 0 Å². The topological polar surface area (TPSA) is 71.4 Å². The molecular formula is C10H12O4S. The minimum Gasteiger partial charge on any atom is -0.395 e. The van der Waals surface area contributed by atoms with Gasteiger partial charge in [0, 0.05) is 12.0 Å². The maximum atomic E-state index is 11.5. The van der Waals surface area contributed by atoms with Crippen molar-refractivity contribution in [2.75, 3.05) is 6.61 Å². The first kappa shape index (κ1) is 11.9. The van der Waals surface area contributed by atoms with Crippen molar-refractivity contribution in [3.63, 3.8) is 0 Å². The number of rotatable bonds is 5. The van der Waals surface area contributed by atoms with Crippen molar-refractivity contribution in [2.45, 2.75) is 11.7 Å². The first-order valence-electron chi connectivity index (χ1n) is 4.47. The average molecular weight is 228 g/mol. The maximum absolute atomic E-state index is 11.5. The maximum Gasteiger partial charge on any atom is 0.164 e. The number of aliphatic hydroxyl groups is 1. The van der Waals surface area contributed by atoms with Gasteiger partial charge in [0.1, 0.15) is 10.7 Å². The molecule has 1 rings (SSSR count). The van der Waals surface area contributed by atoms with Crippen molar-refractivity contribution < 1.29 is 18.3 Å². The molecule has 0 aliphatic rings. The van der Waals surface area contributed by atoms with Crippen LogP contribution in [0.2, 0.25) is 0 Å². The van der Waals surface area contributed by atoms with E-state index in [4.69, 9.17) is 5.11 Å². The molecule has 0 radical (unpaired) electrons. The number of thiol groups is 1. The van der Waals surface area contributed by atoms with Crippen molar-refractivity contribution in [1.82, 2.24) is 0 Å². The van der Waals surface area contributed by atoms with Crippen LogP contribution in [0.25, 0.3) is 0 Å². The fraction of sp³-hybridized carbons (Fsp3) is 0.300. The van der Waals surface area contributed by atoms with Gasteiger partial charge in [-0.2, -0.15) is 0 Å². The highest BCUT2D eigenvalue weighted by molar-refractivity contribution is 7.73. The summed E-state index contributed by atoms with van der Waals surface area (Å²) in [7, 11) is -2.76. The van der Waals surface area contributed by atoms with Gasteiger partial charge < -0.3 is 5.11 Å². The third kappa shape index (κ3) is 3.45. The molecule has 0 heterocycles. The third-order valence-corrected chi connectivity index (χ3v) is 2.97. The van der Waals surface area contributed by atoms with Crippen LogP contribution in [0.1, 0.15) is 16.8 Å². The Balaban J connectivity index is 2.71. The number of benzene rings is 1. The first-order chi connectivity index (χ1) is 7.15. The van der Waals surface area contributed by atoms with Gasteiger partial charge in [0.05, 0.1) is 11.9 Å². The van der Waals surface area contributed by atoms with Crippen LogP contribution < -0.4 is 0 Å². The second-order valence-electron chi connectivity index (χ2n) is 3.12. The molecule has 15 heavy (non-hydrogen) atoms. The minimum atomic E-state index is -2.76. The number of carbonyl (C=O) groups is 1. The summed E-state index contributed by atoms with van der Waals surface area (Å²) in [6.07, 6.45) is -0.167. The van der Waals surface area contributed by atoms with E-state index in [0.717, 1.165) is 0 Å². The van der Waals surface area contributed by atoms with Crippen molar-refractivity contribution in [3.8, 4) is 0 Å². The van der Waals surface area contributed by atoms with Gasteiger partial charge in [-0.25, -0.2) is 8.42 Å². The van der Waals surface area contributed by atoms with Crippen LogP contribution in [-0.2, 0) is 10.7 Å². The average Bonchev–Trinajstić information content (AvgIpc) is 2.26. The van der Waals surface area contributed by atoms with E-state index in [0.29, 0.717) is 5.56 Å². The number of carbonyl (C=O) groups excluding carboxylic acids is 1. The molecule has 0 saturated carbocycles. The Morgan fingerprint density at radius 1 is 1.27 bits per heavy atom. The van der Waals surface area contributed by atoms with E-state index in [9.17, 15) is 13.2 Å². The van der Waals surface area contributed by atoms with Crippen LogP contribution in [0.5, 0.6) is 0 Å². The summed E-state index contributed by atoms with van der Waals surface area (Å²) in [6, 6.07) is 8.43. The lowest BCUT2D eigenvalue weighted by Crippen LogP contribution is -2.19. The van der Waals surface area contributed by atoms with Crippen molar-refractivity contribution in [3.05, 3.63) is 35.9 Å². The van der Waals surface area contributed by atoms with E-state index in [1.165, 1.54) is 0 Å². The minimum absolute atomic E-state index is 0.167. The molecule has 0 saturated heterocycles. The quantitative estimate of drug-likeness (QED) is 0.559. The zero-order chi connectivity index (χ0) is 11.3. The van der Waals surface area contributed by atoms with Gasteiger partial charge in [0.25, 0.3) is 0 Å². The summed E-state index contributed by atoms with van der Waals surface area (Å²) in [6.45, 7) is -0.517. The molecule has 1 aromatic carbocycles. The molecule has 0 aromatic heterocycles. The van der Waals surface area contributed by atoms with Crippen LogP contribution in [-0.4, -0.2) is 31.2 Å². The van der Waals surface area contributed by atoms with E-state index in [2.05, 4.69) is 0 Å². The van der Waals surface area contributed by atoms with Crippen LogP contribution in [0.15, 0.2) is 30.3 Å². The molecule has 5 heteroatoms. The SMILES string of the molecule is O=C(CC(CO)[SH](=O)=O)c1ccccc1. The highest BCUT2D eigenvalue weighted by Gasteiger charge is 2.16. The molecule has 4 nitrogen and oxygen atoms in total. The lowest BCUT2D eigenvalue weighted by Gasteiger charge is -2.05. The van der Waals surface area contributed by atoms with Crippen LogP contribution in [0.4, 0.5) is 0 Å². The smallest absolute Gasteiger partial charge is 0.164 e. The van der Waals surface area contributed by atoms with Crippen molar-refractivity contribution in [2.24, 2.45) is 0 Å². The Kier molecular flexibility index (Phi) is 4.45. The predicted molar refractivity (Wildman–Crippen MR) is 56.6 cm³/mol. The molecule has 0 fully saturated rings. The predicted octanol–water partition coefficient (Wildman–Crippen LogP) is 0.232. The van der Waals surface area contributed by atoms with Gasteiger partial charge in [0.15, 0.2) is 5.78 Å². The molecule has 0 amide bonds. The second kappa shape index (κ2) is 5.63. The largest absolute Gasteiger partial charge is 0.395 e. The summed E-state index contributed by atoms with van der Waals surface area (Å²) < 4.78 is 21.2. The Morgan fingerprint density at radius 3 is 2.33 bits per heavy atom. The molecule has 1 unspecified atom stereocenters.